The summed E-state index contributed by atoms with van der Waals surface area (Å²) in [5, 5.41) is 1.17. The lowest BCUT2D eigenvalue weighted by atomic mass is 10.0. The van der Waals surface area contributed by atoms with Crippen molar-refractivity contribution in [1.82, 2.24) is 0 Å². The molecule has 0 aromatic carbocycles. The topological polar surface area (TPSA) is 21.8 Å². The maximum absolute atomic E-state index is 5.78. The number of alkyl halides is 1. The molecule has 0 saturated carbocycles. The van der Waals surface area contributed by atoms with Gasteiger partial charge in [0.1, 0.15) is 5.60 Å². The van der Waals surface area contributed by atoms with E-state index in [1.54, 1.807) is 0 Å². The number of rotatable bonds is 15. The first-order chi connectivity index (χ1) is 10.2. The van der Waals surface area contributed by atoms with E-state index < -0.39 is 0 Å². The lowest BCUT2D eigenvalue weighted by Gasteiger charge is -2.10. The molecule has 1 aliphatic rings. The lowest BCUT2D eigenvalue weighted by Crippen LogP contribution is -2.21. The largest absolute Gasteiger partial charge is 0.378 e. The second kappa shape index (κ2) is 11.9. The van der Waals surface area contributed by atoms with Gasteiger partial charge in [-0.15, -0.1) is 0 Å². The summed E-state index contributed by atoms with van der Waals surface area (Å²) in [6.45, 7) is 6.03. The van der Waals surface area contributed by atoms with E-state index in [9.17, 15) is 0 Å². The van der Waals surface area contributed by atoms with Gasteiger partial charge in [-0.3, -0.25) is 0 Å². The van der Waals surface area contributed by atoms with Crippen LogP contribution in [0.5, 0.6) is 0 Å². The summed E-state index contributed by atoms with van der Waals surface area (Å²) >= 11 is 3.48. The third kappa shape index (κ3) is 8.56. The van der Waals surface area contributed by atoms with Crippen LogP contribution in [0, 0.1) is 0 Å². The van der Waals surface area contributed by atoms with E-state index >= 15 is 0 Å². The highest BCUT2D eigenvalue weighted by molar-refractivity contribution is 9.09. The fraction of sp³-hybridized carbons (Fsp3) is 1.00. The van der Waals surface area contributed by atoms with Gasteiger partial charge < -0.3 is 9.47 Å². The average molecular weight is 363 g/mol. The molecule has 0 bridgehead atoms. The molecule has 2 unspecified atom stereocenters. The molecule has 0 spiro atoms. The minimum Gasteiger partial charge on any atom is -0.378 e. The Hall–Kier alpha value is 0.400. The minimum absolute atomic E-state index is 0.0643. The Balaban J connectivity index is 1.73. The zero-order valence-corrected chi connectivity index (χ0v) is 15.8. The van der Waals surface area contributed by atoms with Gasteiger partial charge in [-0.05, 0) is 26.2 Å². The van der Waals surface area contributed by atoms with E-state index in [1.807, 2.05) is 0 Å². The molecule has 0 amide bonds. The summed E-state index contributed by atoms with van der Waals surface area (Å²) in [7, 11) is 0. The van der Waals surface area contributed by atoms with Crippen molar-refractivity contribution in [2.45, 2.75) is 96.2 Å². The molecule has 1 rings (SSSR count). The van der Waals surface area contributed by atoms with E-state index in [0.717, 1.165) is 19.6 Å². The summed E-state index contributed by atoms with van der Waals surface area (Å²) in [6, 6.07) is 0. The molecule has 1 saturated heterocycles. The first kappa shape index (κ1) is 19.4. The number of hydrogen-bond acceptors (Lipinski definition) is 2. The number of ether oxygens (including phenoxy) is 2. The second-order valence-corrected chi connectivity index (χ2v) is 7.25. The van der Waals surface area contributed by atoms with Crippen molar-refractivity contribution in [1.29, 1.82) is 0 Å². The molecule has 0 aromatic heterocycles. The lowest BCUT2D eigenvalue weighted by molar-refractivity contribution is 0.0742. The molecule has 1 aliphatic heterocycles. The zero-order valence-electron chi connectivity index (χ0n) is 14.2. The van der Waals surface area contributed by atoms with Crippen LogP contribution in [0.25, 0.3) is 0 Å². The van der Waals surface area contributed by atoms with Crippen molar-refractivity contribution in [3.05, 3.63) is 0 Å². The Morgan fingerprint density at radius 1 is 0.905 bits per heavy atom. The highest BCUT2D eigenvalue weighted by Crippen LogP contribution is 2.39. The van der Waals surface area contributed by atoms with Gasteiger partial charge in [0, 0.05) is 11.9 Å². The SMILES string of the molecule is CCC1(COCCCCCCCCCCCCBr)OC1C. The predicted octanol–water partition coefficient (Wildman–Crippen LogP) is 5.87. The molecular formula is C18H35BrO2. The Morgan fingerprint density at radius 2 is 1.38 bits per heavy atom. The van der Waals surface area contributed by atoms with Gasteiger partial charge in [0.2, 0.25) is 0 Å². The van der Waals surface area contributed by atoms with Gasteiger partial charge in [0.05, 0.1) is 12.7 Å². The molecule has 3 heteroatoms. The standard InChI is InChI=1S/C18H35BrO2/c1-3-18(17(2)21-18)16-20-15-13-11-9-7-5-4-6-8-10-12-14-19/h17H,3-16H2,1-2H3. The average Bonchev–Trinajstić information content (AvgIpc) is 3.14. The van der Waals surface area contributed by atoms with E-state index in [4.69, 9.17) is 9.47 Å². The van der Waals surface area contributed by atoms with Crippen LogP contribution in [-0.4, -0.2) is 30.2 Å². The van der Waals surface area contributed by atoms with E-state index in [1.165, 1.54) is 69.5 Å². The molecule has 2 atom stereocenters. The maximum atomic E-state index is 5.78. The highest BCUT2D eigenvalue weighted by atomic mass is 79.9. The van der Waals surface area contributed by atoms with Crippen LogP contribution in [0.15, 0.2) is 0 Å². The highest BCUT2D eigenvalue weighted by Gasteiger charge is 2.51. The van der Waals surface area contributed by atoms with Crippen LogP contribution >= 0.6 is 15.9 Å². The zero-order chi connectivity index (χ0) is 15.4. The third-order valence-electron chi connectivity index (χ3n) is 4.71. The van der Waals surface area contributed by atoms with Gasteiger partial charge in [0.25, 0.3) is 0 Å². The van der Waals surface area contributed by atoms with E-state index in [-0.39, 0.29) is 5.60 Å². The van der Waals surface area contributed by atoms with Crippen molar-refractivity contribution in [2.75, 3.05) is 18.5 Å². The normalized spacial score (nSPS) is 24.4. The fourth-order valence-electron chi connectivity index (χ4n) is 2.90. The summed E-state index contributed by atoms with van der Waals surface area (Å²) in [5.41, 5.74) is 0.0643. The maximum Gasteiger partial charge on any atom is 0.117 e. The van der Waals surface area contributed by atoms with E-state index in [2.05, 4.69) is 29.8 Å². The van der Waals surface area contributed by atoms with Crippen LogP contribution < -0.4 is 0 Å². The Labute approximate surface area is 140 Å². The van der Waals surface area contributed by atoms with Gasteiger partial charge in [-0.25, -0.2) is 0 Å². The number of epoxide rings is 1. The van der Waals surface area contributed by atoms with Gasteiger partial charge in [0.15, 0.2) is 0 Å². The van der Waals surface area contributed by atoms with Crippen molar-refractivity contribution < 1.29 is 9.47 Å². The molecule has 0 aliphatic carbocycles. The Kier molecular flexibility index (Phi) is 11.0. The summed E-state index contributed by atoms with van der Waals surface area (Å²) in [5.74, 6) is 0. The molecule has 2 nitrogen and oxygen atoms in total. The molecule has 21 heavy (non-hydrogen) atoms. The number of halogens is 1. The van der Waals surface area contributed by atoms with Gasteiger partial charge in [-0.2, -0.15) is 0 Å². The Morgan fingerprint density at radius 3 is 1.81 bits per heavy atom. The first-order valence-electron chi connectivity index (χ1n) is 9.06. The van der Waals surface area contributed by atoms with Crippen LogP contribution in [0.4, 0.5) is 0 Å². The molecule has 1 heterocycles. The molecule has 0 radical (unpaired) electrons. The van der Waals surface area contributed by atoms with Crippen LogP contribution in [0.2, 0.25) is 0 Å². The van der Waals surface area contributed by atoms with Crippen LogP contribution in [-0.2, 0) is 9.47 Å². The van der Waals surface area contributed by atoms with Gasteiger partial charge >= 0.3 is 0 Å². The second-order valence-electron chi connectivity index (χ2n) is 6.46. The molecule has 1 fully saturated rings. The monoisotopic (exact) mass is 362 g/mol. The van der Waals surface area contributed by atoms with Crippen LogP contribution in [0.3, 0.4) is 0 Å². The molecule has 0 aromatic rings. The minimum atomic E-state index is 0.0643. The van der Waals surface area contributed by atoms with E-state index in [0.29, 0.717) is 6.10 Å². The van der Waals surface area contributed by atoms with Crippen LogP contribution in [0.1, 0.15) is 84.5 Å². The van der Waals surface area contributed by atoms with Crippen molar-refractivity contribution in [3.8, 4) is 0 Å². The molecule has 126 valence electrons. The third-order valence-corrected chi connectivity index (χ3v) is 5.27. The quantitative estimate of drug-likeness (QED) is 0.206. The van der Waals surface area contributed by atoms with Crippen molar-refractivity contribution in [3.63, 3.8) is 0 Å². The molecular weight excluding hydrogens is 328 g/mol. The Bertz CT molecular complexity index is 243. The van der Waals surface area contributed by atoms with Crippen molar-refractivity contribution >= 4 is 15.9 Å². The number of hydrogen-bond donors (Lipinski definition) is 0. The summed E-state index contributed by atoms with van der Waals surface area (Å²) < 4.78 is 11.4. The number of unbranched alkanes of at least 4 members (excludes halogenated alkanes) is 9. The summed E-state index contributed by atoms with van der Waals surface area (Å²) in [6.07, 6.45) is 15.2. The first-order valence-corrected chi connectivity index (χ1v) is 10.2. The smallest absolute Gasteiger partial charge is 0.117 e. The fourth-order valence-corrected chi connectivity index (χ4v) is 3.30. The predicted molar refractivity (Wildman–Crippen MR) is 94.4 cm³/mol. The summed E-state index contributed by atoms with van der Waals surface area (Å²) in [4.78, 5) is 0. The van der Waals surface area contributed by atoms with Gasteiger partial charge in [-0.1, -0.05) is 74.2 Å². The van der Waals surface area contributed by atoms with Crippen molar-refractivity contribution in [2.24, 2.45) is 0 Å². The molecule has 0 N–H and O–H groups in total.